The largest absolute Gasteiger partial charge is 0.468 e. The molecule has 6 nitrogen and oxygen atoms in total. The highest BCUT2D eigenvalue weighted by Gasteiger charge is 2.38. The second-order valence-electron chi connectivity index (χ2n) is 3.89. The molecule has 1 fully saturated rings. The summed E-state index contributed by atoms with van der Waals surface area (Å²) in [7, 11) is -2.46. The van der Waals surface area contributed by atoms with Crippen LogP contribution < -0.4 is 5.73 Å². The van der Waals surface area contributed by atoms with Gasteiger partial charge in [0.25, 0.3) is 0 Å². The number of hydrogen-bond donors (Lipinski definition) is 1. The molecular weight excluding hydrogens is 264 g/mol. The number of carbonyl (C=O) groups excluding carboxylic acids is 1. The summed E-state index contributed by atoms with van der Waals surface area (Å²) in [5, 5.41) is 0. The Balaban J connectivity index is 2.68. The van der Waals surface area contributed by atoms with Crippen molar-refractivity contribution in [1.29, 1.82) is 0 Å². The number of methoxy groups -OCH3 is 1. The fourth-order valence-electron chi connectivity index (χ4n) is 1.42. The predicted octanol–water partition coefficient (Wildman–Crippen LogP) is -0.370. The Morgan fingerprint density at radius 2 is 2.12 bits per heavy atom. The van der Waals surface area contributed by atoms with Crippen LogP contribution in [0, 0.1) is 0 Å². The van der Waals surface area contributed by atoms with E-state index in [1.54, 1.807) is 0 Å². The van der Waals surface area contributed by atoms with E-state index in [0.29, 0.717) is 6.42 Å². The molecule has 8 heteroatoms. The fraction of sp³-hybridized carbons (Fsp3) is 0.778. The van der Waals surface area contributed by atoms with Crippen molar-refractivity contribution < 1.29 is 17.9 Å². The maximum absolute atomic E-state index is 11.9. The Morgan fingerprint density at radius 3 is 2.53 bits per heavy atom. The number of hydrogen-bond acceptors (Lipinski definition) is 5. The van der Waals surface area contributed by atoms with Gasteiger partial charge in [-0.1, -0.05) is 12.2 Å². The smallest absolute Gasteiger partial charge is 0.322 e. The van der Waals surface area contributed by atoms with Gasteiger partial charge in [-0.15, -0.1) is 0 Å². The van der Waals surface area contributed by atoms with Crippen molar-refractivity contribution in [2.45, 2.75) is 25.3 Å². The fourth-order valence-corrected chi connectivity index (χ4v) is 3.13. The van der Waals surface area contributed by atoms with Crippen molar-refractivity contribution in [3.63, 3.8) is 0 Å². The minimum absolute atomic E-state index is 0.0148. The van der Waals surface area contributed by atoms with Crippen LogP contribution in [0.2, 0.25) is 0 Å². The van der Waals surface area contributed by atoms with E-state index in [0.717, 1.165) is 20.0 Å². The third kappa shape index (κ3) is 4.57. The van der Waals surface area contributed by atoms with E-state index >= 15 is 0 Å². The van der Waals surface area contributed by atoms with Crippen LogP contribution >= 0.6 is 12.2 Å². The highest BCUT2D eigenvalue weighted by atomic mass is 32.2. The second-order valence-corrected chi connectivity index (χ2v) is 6.34. The lowest BCUT2D eigenvalue weighted by molar-refractivity contribution is -0.137. The van der Waals surface area contributed by atoms with Gasteiger partial charge in [-0.3, -0.25) is 4.79 Å². The van der Waals surface area contributed by atoms with Crippen LogP contribution in [0.1, 0.15) is 19.3 Å². The summed E-state index contributed by atoms with van der Waals surface area (Å²) in [6.07, 6.45) is 1.96. The summed E-state index contributed by atoms with van der Waals surface area (Å²) in [6.45, 7) is 0.235. The average Bonchev–Trinajstić information content (AvgIpc) is 3.00. The molecule has 0 heterocycles. The van der Waals surface area contributed by atoms with Crippen molar-refractivity contribution in [1.82, 2.24) is 4.31 Å². The first kappa shape index (κ1) is 14.3. The van der Waals surface area contributed by atoms with E-state index < -0.39 is 21.7 Å². The van der Waals surface area contributed by atoms with Gasteiger partial charge in [-0.2, -0.15) is 4.31 Å². The molecule has 0 atom stereocenters. The molecule has 1 aliphatic carbocycles. The third-order valence-electron chi connectivity index (χ3n) is 2.42. The molecular formula is C9H16N2O4S2. The van der Waals surface area contributed by atoms with Crippen LogP contribution in [0.4, 0.5) is 0 Å². The topological polar surface area (TPSA) is 89.7 Å². The quantitative estimate of drug-likeness (QED) is 0.505. The molecule has 0 aromatic heterocycles. The predicted molar refractivity (Wildman–Crippen MR) is 66.9 cm³/mol. The molecule has 0 radical (unpaired) electrons. The van der Waals surface area contributed by atoms with Crippen molar-refractivity contribution in [2.75, 3.05) is 19.4 Å². The second kappa shape index (κ2) is 5.74. The molecule has 0 aromatic carbocycles. The van der Waals surface area contributed by atoms with E-state index in [4.69, 9.17) is 18.0 Å². The SMILES string of the molecule is COC(=O)CS(=O)(=O)N(CCC(N)=S)C1CC1. The van der Waals surface area contributed by atoms with E-state index in [9.17, 15) is 13.2 Å². The molecule has 0 amide bonds. The molecule has 1 aliphatic rings. The first-order valence-corrected chi connectivity index (χ1v) is 7.23. The molecule has 0 bridgehead atoms. The number of rotatable bonds is 7. The first-order chi connectivity index (χ1) is 7.86. The number of ether oxygens (including phenoxy) is 1. The highest BCUT2D eigenvalue weighted by molar-refractivity contribution is 7.89. The Kier molecular flexibility index (Phi) is 4.84. The van der Waals surface area contributed by atoms with Crippen LogP contribution in [0.25, 0.3) is 0 Å². The highest BCUT2D eigenvalue weighted by Crippen LogP contribution is 2.29. The number of sulfonamides is 1. The lowest BCUT2D eigenvalue weighted by Gasteiger charge is -2.20. The van der Waals surface area contributed by atoms with Crippen LogP contribution in [0.5, 0.6) is 0 Å². The van der Waals surface area contributed by atoms with Gasteiger partial charge in [0.2, 0.25) is 10.0 Å². The van der Waals surface area contributed by atoms with Crippen molar-refractivity contribution >= 4 is 33.2 Å². The van der Waals surface area contributed by atoms with Gasteiger partial charge in [0, 0.05) is 19.0 Å². The van der Waals surface area contributed by atoms with Crippen molar-refractivity contribution in [2.24, 2.45) is 5.73 Å². The van der Waals surface area contributed by atoms with E-state index in [2.05, 4.69) is 4.74 Å². The van der Waals surface area contributed by atoms with Gasteiger partial charge in [-0.05, 0) is 12.8 Å². The van der Waals surface area contributed by atoms with Crippen LogP contribution in [-0.2, 0) is 19.6 Å². The molecule has 98 valence electrons. The minimum Gasteiger partial charge on any atom is -0.468 e. The summed E-state index contributed by atoms with van der Waals surface area (Å²) >= 11 is 4.72. The Hall–Kier alpha value is -0.730. The lowest BCUT2D eigenvalue weighted by atomic mass is 10.4. The van der Waals surface area contributed by atoms with Gasteiger partial charge in [0.05, 0.1) is 12.1 Å². The van der Waals surface area contributed by atoms with Gasteiger partial charge >= 0.3 is 5.97 Å². The van der Waals surface area contributed by atoms with Crippen LogP contribution in [0.3, 0.4) is 0 Å². The van der Waals surface area contributed by atoms with Gasteiger partial charge in [-0.25, -0.2) is 8.42 Å². The Bertz CT molecular complexity index is 403. The molecule has 0 unspecified atom stereocenters. The van der Waals surface area contributed by atoms with E-state index in [-0.39, 0.29) is 17.6 Å². The summed E-state index contributed by atoms with van der Waals surface area (Å²) in [6, 6.07) is -0.0148. The molecule has 2 N–H and O–H groups in total. The molecule has 0 aromatic rings. The molecule has 0 aliphatic heterocycles. The first-order valence-electron chi connectivity index (χ1n) is 5.21. The number of thiocarbonyl (C=S) groups is 1. The minimum atomic E-state index is -3.62. The maximum atomic E-state index is 11.9. The number of esters is 1. The maximum Gasteiger partial charge on any atom is 0.322 e. The molecule has 17 heavy (non-hydrogen) atoms. The zero-order chi connectivity index (χ0) is 13.1. The number of nitrogens with zero attached hydrogens (tertiary/aromatic N) is 1. The number of carbonyl (C=O) groups is 1. The van der Waals surface area contributed by atoms with E-state index in [1.807, 2.05) is 0 Å². The summed E-state index contributed by atoms with van der Waals surface area (Å²) in [5.41, 5.74) is 5.35. The molecule has 1 saturated carbocycles. The third-order valence-corrected chi connectivity index (χ3v) is 4.42. The molecule has 1 rings (SSSR count). The van der Waals surface area contributed by atoms with Crippen LogP contribution in [-0.4, -0.2) is 49.1 Å². The van der Waals surface area contributed by atoms with Crippen LogP contribution in [0.15, 0.2) is 0 Å². The monoisotopic (exact) mass is 280 g/mol. The normalized spacial score (nSPS) is 15.9. The van der Waals surface area contributed by atoms with Gasteiger partial charge in [0.15, 0.2) is 5.75 Å². The lowest BCUT2D eigenvalue weighted by Crippen LogP contribution is -2.39. The summed E-state index contributed by atoms with van der Waals surface area (Å²) < 4.78 is 29.5. The van der Waals surface area contributed by atoms with Gasteiger partial charge < -0.3 is 10.5 Å². The van der Waals surface area contributed by atoms with E-state index in [1.165, 1.54) is 4.31 Å². The zero-order valence-electron chi connectivity index (χ0n) is 9.59. The Labute approximate surface area is 106 Å². The summed E-state index contributed by atoms with van der Waals surface area (Å²) in [5.74, 6) is -1.39. The number of nitrogens with two attached hydrogens (primary N) is 1. The van der Waals surface area contributed by atoms with Gasteiger partial charge in [0.1, 0.15) is 0 Å². The Morgan fingerprint density at radius 1 is 1.53 bits per heavy atom. The average molecular weight is 280 g/mol. The molecule has 0 saturated heterocycles. The standard InChI is InChI=1S/C9H16N2O4S2/c1-15-9(12)6-17(13,14)11(7-2-3-7)5-4-8(10)16/h7H,2-6H2,1H3,(H2,10,16). The van der Waals surface area contributed by atoms with Crippen molar-refractivity contribution in [3.8, 4) is 0 Å². The van der Waals surface area contributed by atoms with Crippen molar-refractivity contribution in [3.05, 3.63) is 0 Å². The summed E-state index contributed by atoms with van der Waals surface area (Å²) in [4.78, 5) is 11.3. The zero-order valence-corrected chi connectivity index (χ0v) is 11.2. The molecule has 0 spiro atoms.